The van der Waals surface area contributed by atoms with E-state index < -0.39 is 52.0 Å². The van der Waals surface area contributed by atoms with Gasteiger partial charge in [-0.1, -0.05) is 25.5 Å². The highest BCUT2D eigenvalue weighted by Gasteiger charge is 2.77. The van der Waals surface area contributed by atoms with Gasteiger partial charge in [0.1, 0.15) is 0 Å². The minimum Gasteiger partial charge on any atom is -0.438 e. The molecule has 0 aromatic carbocycles. The van der Waals surface area contributed by atoms with Crippen LogP contribution in [0.3, 0.4) is 0 Å². The summed E-state index contributed by atoms with van der Waals surface area (Å²) < 4.78 is 27.6. The number of fused-ring (bicyclic) bond motifs is 5. The van der Waals surface area contributed by atoms with Crippen molar-refractivity contribution in [2.45, 2.75) is 63.8 Å². The maximum Gasteiger partial charge on any atom is 0.509 e. The summed E-state index contributed by atoms with van der Waals surface area (Å²) in [6, 6.07) is 0. The number of carbonyl (C=O) groups is 3. The molecular formula is C24H30ClFO6. The number of ketones is 2. The lowest BCUT2D eigenvalue weighted by atomic mass is 9.44. The molecule has 4 rings (SSSR count). The van der Waals surface area contributed by atoms with E-state index in [-0.39, 0.29) is 24.0 Å². The predicted molar refractivity (Wildman–Crippen MR) is 115 cm³/mol. The number of carbonyl (C=O) groups excluding carboxylic acids is 3. The average Bonchev–Trinajstić information content (AvgIpc) is 2.96. The molecule has 6 nitrogen and oxygen atoms in total. The van der Waals surface area contributed by atoms with Crippen LogP contribution in [0.1, 0.15) is 46.5 Å². The van der Waals surface area contributed by atoms with Gasteiger partial charge in [0.15, 0.2) is 22.8 Å². The molecule has 32 heavy (non-hydrogen) atoms. The van der Waals surface area contributed by atoms with E-state index in [1.54, 1.807) is 26.8 Å². The number of alkyl halides is 2. The summed E-state index contributed by atoms with van der Waals surface area (Å²) >= 11 is 5.97. The van der Waals surface area contributed by atoms with Gasteiger partial charge in [-0.3, -0.25) is 9.59 Å². The number of methoxy groups -OCH3 is 1. The molecular weight excluding hydrogens is 439 g/mol. The van der Waals surface area contributed by atoms with Crippen LogP contribution in [0, 0.1) is 28.6 Å². The third-order valence-corrected chi connectivity index (χ3v) is 9.37. The van der Waals surface area contributed by atoms with E-state index in [2.05, 4.69) is 0 Å². The van der Waals surface area contributed by atoms with Crippen LogP contribution in [-0.4, -0.2) is 53.2 Å². The van der Waals surface area contributed by atoms with Crippen molar-refractivity contribution in [3.8, 4) is 0 Å². The van der Waals surface area contributed by atoms with Gasteiger partial charge in [-0.25, -0.2) is 9.18 Å². The van der Waals surface area contributed by atoms with Crippen molar-refractivity contribution in [1.82, 2.24) is 0 Å². The summed E-state index contributed by atoms with van der Waals surface area (Å²) in [7, 11) is 1.16. The van der Waals surface area contributed by atoms with Crippen molar-refractivity contribution < 1.29 is 33.4 Å². The maximum absolute atomic E-state index is 17.2. The van der Waals surface area contributed by atoms with Crippen LogP contribution in [0.2, 0.25) is 0 Å². The molecule has 4 aliphatic rings. The normalized spacial score (nSPS) is 47.1. The van der Waals surface area contributed by atoms with E-state index in [0.29, 0.717) is 24.8 Å². The first-order chi connectivity index (χ1) is 14.9. The minimum atomic E-state index is -2.02. The largest absolute Gasteiger partial charge is 0.509 e. The molecule has 8 atom stereocenters. The van der Waals surface area contributed by atoms with Gasteiger partial charge in [0, 0.05) is 22.7 Å². The average molecular weight is 469 g/mol. The Kier molecular flexibility index (Phi) is 5.41. The summed E-state index contributed by atoms with van der Waals surface area (Å²) in [6.45, 7) is 5.34. The van der Waals surface area contributed by atoms with Gasteiger partial charge in [0.2, 0.25) is 0 Å². The third kappa shape index (κ3) is 2.64. The Balaban J connectivity index is 1.85. The Morgan fingerprint density at radius 3 is 2.62 bits per heavy atom. The summed E-state index contributed by atoms with van der Waals surface area (Å²) in [5, 5.41) is 11.4. The first-order valence-electron chi connectivity index (χ1n) is 11.1. The summed E-state index contributed by atoms with van der Waals surface area (Å²) in [5.74, 6) is -2.39. The number of Topliss-reactive ketones (excluding diaryl/α,β-unsaturated/α-hetero) is 1. The molecule has 0 heterocycles. The van der Waals surface area contributed by atoms with Gasteiger partial charge in [-0.2, -0.15) is 0 Å². The second-order valence-electron chi connectivity index (χ2n) is 10.3. The van der Waals surface area contributed by atoms with Gasteiger partial charge in [0.05, 0.1) is 19.1 Å². The molecule has 0 aliphatic heterocycles. The molecule has 3 fully saturated rings. The van der Waals surface area contributed by atoms with Gasteiger partial charge < -0.3 is 14.6 Å². The number of hydrogen-bond donors (Lipinski definition) is 1. The number of hydrogen-bond acceptors (Lipinski definition) is 6. The van der Waals surface area contributed by atoms with Crippen molar-refractivity contribution in [3.05, 3.63) is 23.8 Å². The highest BCUT2D eigenvalue weighted by Crippen LogP contribution is 2.71. The zero-order chi connectivity index (χ0) is 23.7. The highest BCUT2D eigenvalue weighted by molar-refractivity contribution is 6.29. The van der Waals surface area contributed by atoms with Crippen molar-refractivity contribution >= 4 is 29.3 Å². The topological polar surface area (TPSA) is 89.9 Å². The molecule has 0 spiro atoms. The molecule has 0 radical (unpaired) electrons. The lowest BCUT2D eigenvalue weighted by Gasteiger charge is -2.62. The second-order valence-corrected chi connectivity index (χ2v) is 10.5. The van der Waals surface area contributed by atoms with Crippen molar-refractivity contribution in [2.24, 2.45) is 28.6 Å². The van der Waals surface area contributed by atoms with E-state index in [1.165, 1.54) is 12.2 Å². The molecule has 0 aromatic heterocycles. The molecule has 1 N–H and O–H groups in total. The van der Waals surface area contributed by atoms with E-state index in [4.69, 9.17) is 21.1 Å². The Morgan fingerprint density at radius 2 is 2.00 bits per heavy atom. The van der Waals surface area contributed by atoms with Crippen LogP contribution >= 0.6 is 11.6 Å². The highest BCUT2D eigenvalue weighted by atomic mass is 35.5. The summed E-state index contributed by atoms with van der Waals surface area (Å²) in [4.78, 5) is 37.4. The molecule has 0 bridgehead atoms. The smallest absolute Gasteiger partial charge is 0.438 e. The van der Waals surface area contributed by atoms with Gasteiger partial charge in [0.25, 0.3) is 0 Å². The van der Waals surface area contributed by atoms with E-state index in [9.17, 15) is 19.5 Å². The van der Waals surface area contributed by atoms with Crippen molar-refractivity contribution in [1.29, 1.82) is 0 Å². The molecule has 0 unspecified atom stereocenters. The van der Waals surface area contributed by atoms with E-state index >= 15 is 4.39 Å². The molecule has 0 saturated heterocycles. The van der Waals surface area contributed by atoms with Crippen LogP contribution in [-0.2, 0) is 19.1 Å². The standard InChI is InChI=1S/C24H30ClFO6/c1-13-9-17-16-6-5-14-10-15(27)7-8-21(14,2)23(16,26)18(28)11-22(17,3)24(13,19(29)12-25)32-20(30)31-4/h7-8,10,13,16-18,28H,5-6,9,11-12H2,1-4H3/t13-,16-,17-,18-,21-,22-,23-,24-/m0/s1. The summed E-state index contributed by atoms with van der Waals surface area (Å²) in [5.41, 5.74) is -5.11. The van der Waals surface area contributed by atoms with Crippen LogP contribution < -0.4 is 0 Å². The first-order valence-corrected chi connectivity index (χ1v) is 11.6. The zero-order valence-electron chi connectivity index (χ0n) is 18.8. The quantitative estimate of drug-likeness (QED) is 0.498. The summed E-state index contributed by atoms with van der Waals surface area (Å²) in [6.07, 6.45) is 3.30. The molecule has 176 valence electrons. The SMILES string of the molecule is COC(=O)O[C@]1(C(=O)CCl)[C@@H](C)C[C@H]2[C@@H]3CCC4=CC(=O)C=C[C@]4(C)[C@@]3(F)[C@@H](O)C[C@@]21C. The van der Waals surface area contributed by atoms with E-state index in [1.807, 2.05) is 0 Å². The van der Waals surface area contributed by atoms with Crippen molar-refractivity contribution in [3.63, 3.8) is 0 Å². The lowest BCUT2D eigenvalue weighted by molar-refractivity contribution is -0.220. The monoisotopic (exact) mass is 468 g/mol. The molecule has 0 amide bonds. The Bertz CT molecular complexity index is 931. The van der Waals surface area contributed by atoms with Crippen LogP contribution in [0.15, 0.2) is 23.8 Å². The Hall–Kier alpha value is -1.73. The second kappa shape index (κ2) is 7.39. The number of aliphatic hydroxyl groups excluding tert-OH is 1. The van der Waals surface area contributed by atoms with Crippen LogP contribution in [0.4, 0.5) is 9.18 Å². The molecule has 0 aromatic rings. The number of ether oxygens (including phenoxy) is 2. The first kappa shape index (κ1) is 23.4. The number of halogens is 2. The van der Waals surface area contributed by atoms with Crippen LogP contribution in [0.25, 0.3) is 0 Å². The zero-order valence-corrected chi connectivity index (χ0v) is 19.6. The molecule has 8 heteroatoms. The molecule has 3 saturated carbocycles. The van der Waals surface area contributed by atoms with Crippen molar-refractivity contribution in [2.75, 3.05) is 13.0 Å². The fourth-order valence-electron chi connectivity index (χ4n) is 7.67. The number of aliphatic hydroxyl groups is 1. The molecule has 4 aliphatic carbocycles. The maximum atomic E-state index is 17.2. The lowest BCUT2D eigenvalue weighted by Crippen LogP contribution is -2.70. The third-order valence-electron chi connectivity index (χ3n) is 9.13. The Labute approximate surface area is 192 Å². The number of rotatable bonds is 3. The fraction of sp³-hybridized carbons (Fsp3) is 0.708. The number of allylic oxidation sites excluding steroid dienone is 4. The fourth-order valence-corrected chi connectivity index (χ4v) is 7.87. The van der Waals surface area contributed by atoms with Crippen LogP contribution in [0.5, 0.6) is 0 Å². The van der Waals surface area contributed by atoms with Gasteiger partial charge in [-0.15, -0.1) is 11.6 Å². The van der Waals surface area contributed by atoms with E-state index in [0.717, 1.165) is 7.11 Å². The minimum absolute atomic E-state index is 0.0840. The van der Waals surface area contributed by atoms with Gasteiger partial charge in [-0.05, 0) is 50.7 Å². The Morgan fingerprint density at radius 1 is 1.31 bits per heavy atom. The predicted octanol–water partition coefficient (Wildman–Crippen LogP) is 3.93. The van der Waals surface area contributed by atoms with Gasteiger partial charge >= 0.3 is 6.16 Å².